The lowest BCUT2D eigenvalue weighted by atomic mass is 9.48. The average molecular weight is 456 g/mol. The minimum Gasteiger partial charge on any atom is -0.380 e. The normalized spacial score (nSPS) is 44.9. The van der Waals surface area contributed by atoms with Crippen molar-refractivity contribution in [1.29, 1.82) is 0 Å². The molecule has 5 rings (SSSR count). The lowest BCUT2D eigenvalue weighted by Gasteiger charge is -2.57. The smallest absolute Gasteiger partial charge is 0.380 e. The fourth-order valence-corrected chi connectivity index (χ4v) is 8.90. The quantitative estimate of drug-likeness (QED) is 0.625. The summed E-state index contributed by atoms with van der Waals surface area (Å²) in [6.45, 7) is 2.31. The van der Waals surface area contributed by atoms with Gasteiger partial charge in [-0.05, 0) is 92.8 Å². The van der Waals surface area contributed by atoms with Gasteiger partial charge in [0.2, 0.25) is 0 Å². The van der Waals surface area contributed by atoms with Crippen molar-refractivity contribution in [3.63, 3.8) is 0 Å². The van der Waals surface area contributed by atoms with Crippen LogP contribution in [0.25, 0.3) is 0 Å². The third-order valence-electron chi connectivity index (χ3n) is 9.74. The second kappa shape index (κ2) is 7.54. The number of nitrogens with zero attached hydrogens (tertiary/aromatic N) is 1. The Morgan fingerprint density at radius 1 is 1.13 bits per heavy atom. The molecule has 0 aliphatic heterocycles. The molecule has 172 valence electrons. The lowest BCUT2D eigenvalue weighted by Crippen LogP contribution is -2.55. The molecule has 1 aromatic rings. The van der Waals surface area contributed by atoms with Gasteiger partial charge in [0.25, 0.3) is 0 Å². The van der Waals surface area contributed by atoms with Gasteiger partial charge in [0.1, 0.15) is 5.78 Å². The second-order valence-corrected chi connectivity index (χ2v) is 11.9. The molecule has 7 heteroatoms. The van der Waals surface area contributed by atoms with Gasteiger partial charge in [0, 0.05) is 17.5 Å². The first-order valence-electron chi connectivity index (χ1n) is 11.8. The van der Waals surface area contributed by atoms with Gasteiger partial charge in [-0.1, -0.05) is 6.92 Å². The molecule has 1 heterocycles. The van der Waals surface area contributed by atoms with E-state index in [-0.39, 0.29) is 30.1 Å². The number of hydrogen-bond donors (Lipinski definition) is 1. The highest BCUT2D eigenvalue weighted by Crippen LogP contribution is 2.65. The molecule has 0 bridgehead atoms. The van der Waals surface area contributed by atoms with Crippen molar-refractivity contribution in [1.82, 2.24) is 4.98 Å². The first-order chi connectivity index (χ1) is 14.6. The van der Waals surface area contributed by atoms with Crippen LogP contribution in [-0.2, 0) is 11.2 Å². The summed E-state index contributed by atoms with van der Waals surface area (Å²) < 4.78 is 40.2. The van der Waals surface area contributed by atoms with Crippen molar-refractivity contribution in [3.05, 3.63) is 16.6 Å². The van der Waals surface area contributed by atoms with E-state index in [9.17, 15) is 23.1 Å². The Kier molecular flexibility index (Phi) is 5.32. The van der Waals surface area contributed by atoms with Crippen LogP contribution in [-0.4, -0.2) is 27.7 Å². The zero-order valence-electron chi connectivity index (χ0n) is 18.0. The van der Waals surface area contributed by atoms with Gasteiger partial charge in [-0.3, -0.25) is 4.79 Å². The molecule has 4 aliphatic rings. The monoisotopic (exact) mass is 455 g/mol. The number of thiazole rings is 1. The number of fused-ring (bicyclic) bond motifs is 5. The molecule has 1 aromatic heterocycles. The molecule has 0 amide bonds. The Morgan fingerprint density at radius 3 is 2.61 bits per heavy atom. The maximum atomic E-state index is 13.4. The van der Waals surface area contributed by atoms with E-state index in [0.29, 0.717) is 42.3 Å². The van der Waals surface area contributed by atoms with Crippen molar-refractivity contribution in [2.75, 3.05) is 0 Å². The van der Waals surface area contributed by atoms with Crippen LogP contribution in [0.2, 0.25) is 0 Å². The fraction of sp³-hybridized carbons (Fsp3) is 0.833. The fourth-order valence-electron chi connectivity index (χ4n) is 8.28. The predicted octanol–water partition coefficient (Wildman–Crippen LogP) is 5.82. The standard InChI is InChI=1S/C24H32F3NO2S/c1-22-8-6-16-15-7-9-23(30,24(25,26)27)13-14(15)2-3-17(16)18(22)4-5-19(22)20(29)12-21-28-10-11-31-21/h10-11,14-19,30H,2-9,12-13H2,1H3. The highest BCUT2D eigenvalue weighted by Gasteiger charge is 2.62. The third-order valence-corrected chi connectivity index (χ3v) is 10.5. The van der Waals surface area contributed by atoms with Crippen LogP contribution in [0.4, 0.5) is 13.2 Å². The number of rotatable bonds is 3. The van der Waals surface area contributed by atoms with Gasteiger partial charge in [0.15, 0.2) is 5.60 Å². The minimum absolute atomic E-state index is 0.0176. The van der Waals surface area contributed by atoms with Crippen LogP contribution in [0, 0.1) is 40.9 Å². The first-order valence-corrected chi connectivity index (χ1v) is 12.7. The van der Waals surface area contributed by atoms with E-state index in [1.807, 2.05) is 5.38 Å². The molecule has 31 heavy (non-hydrogen) atoms. The van der Waals surface area contributed by atoms with Crippen LogP contribution in [0.5, 0.6) is 0 Å². The van der Waals surface area contributed by atoms with E-state index in [2.05, 4.69) is 11.9 Å². The molecule has 4 fully saturated rings. The first kappa shape index (κ1) is 21.9. The highest BCUT2D eigenvalue weighted by molar-refractivity contribution is 7.09. The molecule has 1 N–H and O–H groups in total. The summed E-state index contributed by atoms with van der Waals surface area (Å²) in [5.41, 5.74) is -2.48. The summed E-state index contributed by atoms with van der Waals surface area (Å²) >= 11 is 1.54. The average Bonchev–Trinajstić information content (AvgIpc) is 3.33. The van der Waals surface area contributed by atoms with Crippen molar-refractivity contribution >= 4 is 17.1 Å². The van der Waals surface area contributed by atoms with E-state index in [1.54, 1.807) is 6.20 Å². The third kappa shape index (κ3) is 3.49. The molecule has 8 unspecified atom stereocenters. The summed E-state index contributed by atoms with van der Waals surface area (Å²) in [7, 11) is 0. The SMILES string of the molecule is CC12CCC3C4CCC(O)(C(F)(F)F)CC4CCC3C1CCC2C(=O)Cc1nccs1. The second-order valence-electron chi connectivity index (χ2n) is 11.0. The Bertz CT molecular complexity index is 827. The number of carbonyl (C=O) groups excluding carboxylic acids is 1. The number of halogens is 3. The van der Waals surface area contributed by atoms with Crippen LogP contribution in [0.1, 0.15) is 69.7 Å². The molecule has 4 saturated carbocycles. The molecule has 0 aromatic carbocycles. The van der Waals surface area contributed by atoms with E-state index in [1.165, 1.54) is 11.3 Å². The molecular formula is C24H32F3NO2S. The van der Waals surface area contributed by atoms with Gasteiger partial charge >= 0.3 is 6.18 Å². The predicted molar refractivity (Wildman–Crippen MR) is 112 cm³/mol. The van der Waals surface area contributed by atoms with E-state index in [0.717, 1.165) is 43.5 Å². The summed E-state index contributed by atoms with van der Waals surface area (Å²) in [5.74, 6) is 2.17. The minimum atomic E-state index is -4.53. The van der Waals surface area contributed by atoms with Gasteiger partial charge in [0.05, 0.1) is 11.4 Å². The van der Waals surface area contributed by atoms with E-state index >= 15 is 0 Å². The lowest BCUT2D eigenvalue weighted by molar-refractivity contribution is -0.282. The van der Waals surface area contributed by atoms with E-state index in [4.69, 9.17) is 0 Å². The molecule has 8 atom stereocenters. The Labute approximate surface area is 185 Å². The van der Waals surface area contributed by atoms with Gasteiger partial charge in [-0.2, -0.15) is 13.2 Å². The molecule has 0 spiro atoms. The summed E-state index contributed by atoms with van der Waals surface area (Å²) in [6, 6.07) is 0. The largest absolute Gasteiger partial charge is 0.417 e. The zero-order valence-corrected chi connectivity index (χ0v) is 18.9. The van der Waals surface area contributed by atoms with Crippen LogP contribution >= 0.6 is 11.3 Å². The van der Waals surface area contributed by atoms with Crippen molar-refractivity contribution in [2.45, 2.75) is 82.9 Å². The topological polar surface area (TPSA) is 50.2 Å². The Morgan fingerprint density at radius 2 is 1.90 bits per heavy atom. The number of hydrogen-bond acceptors (Lipinski definition) is 4. The highest BCUT2D eigenvalue weighted by atomic mass is 32.1. The number of alkyl halides is 3. The number of Topliss-reactive ketones (excluding diaryl/α,β-unsaturated/α-hetero) is 1. The van der Waals surface area contributed by atoms with Gasteiger partial charge in [-0.25, -0.2) is 4.98 Å². The number of aromatic nitrogens is 1. The Balaban J connectivity index is 1.30. The van der Waals surface area contributed by atoms with Crippen molar-refractivity contribution in [3.8, 4) is 0 Å². The van der Waals surface area contributed by atoms with Gasteiger partial charge < -0.3 is 5.11 Å². The molecule has 3 nitrogen and oxygen atoms in total. The van der Waals surface area contributed by atoms with Gasteiger partial charge in [-0.15, -0.1) is 11.3 Å². The van der Waals surface area contributed by atoms with Crippen molar-refractivity contribution < 1.29 is 23.1 Å². The van der Waals surface area contributed by atoms with E-state index < -0.39 is 11.8 Å². The van der Waals surface area contributed by atoms with Crippen LogP contribution in [0.3, 0.4) is 0 Å². The maximum Gasteiger partial charge on any atom is 0.417 e. The van der Waals surface area contributed by atoms with Crippen molar-refractivity contribution in [2.24, 2.45) is 40.9 Å². The molecule has 4 aliphatic carbocycles. The molecular weight excluding hydrogens is 423 g/mol. The molecule has 0 radical (unpaired) electrons. The summed E-state index contributed by atoms with van der Waals surface area (Å²) in [5, 5.41) is 13.1. The zero-order chi connectivity index (χ0) is 22.0. The number of aliphatic hydroxyl groups is 1. The molecule has 0 saturated heterocycles. The number of carbonyl (C=O) groups is 1. The van der Waals surface area contributed by atoms with Crippen LogP contribution < -0.4 is 0 Å². The summed E-state index contributed by atoms with van der Waals surface area (Å²) in [6.07, 6.45) is 3.62. The Hall–Kier alpha value is -0.950. The summed E-state index contributed by atoms with van der Waals surface area (Å²) in [4.78, 5) is 17.4. The van der Waals surface area contributed by atoms with Crippen LogP contribution in [0.15, 0.2) is 11.6 Å². The maximum absolute atomic E-state index is 13.4. The number of ketones is 1.